The summed E-state index contributed by atoms with van der Waals surface area (Å²) >= 11 is 0. The van der Waals surface area contributed by atoms with Crippen LogP contribution in [-0.2, 0) is 16.6 Å². The van der Waals surface area contributed by atoms with E-state index in [4.69, 9.17) is 4.74 Å². The average Bonchev–Trinajstić information content (AvgIpc) is 2.73. The minimum atomic E-state index is -4.01. The van der Waals surface area contributed by atoms with E-state index < -0.39 is 16.1 Å². The molecule has 7 heteroatoms. The highest BCUT2D eigenvalue weighted by Crippen LogP contribution is 2.27. The van der Waals surface area contributed by atoms with Gasteiger partial charge in [-0.05, 0) is 43.9 Å². The highest BCUT2D eigenvalue weighted by molar-refractivity contribution is 7.90. The summed E-state index contributed by atoms with van der Waals surface area (Å²) in [7, 11) is -4.01. The molecule has 0 radical (unpaired) electrons. The molecule has 0 unspecified atom stereocenters. The van der Waals surface area contributed by atoms with E-state index in [1.807, 2.05) is 16.9 Å². The van der Waals surface area contributed by atoms with E-state index in [1.165, 1.54) is 38.2 Å². The van der Waals surface area contributed by atoms with Crippen LogP contribution in [-0.4, -0.2) is 20.6 Å². The predicted octanol–water partition coefficient (Wildman–Crippen LogP) is 4.92. The van der Waals surface area contributed by atoms with Crippen molar-refractivity contribution >= 4 is 16.1 Å². The number of carbonyl (C=O) groups excluding carboxylic acids is 1. The van der Waals surface area contributed by atoms with Gasteiger partial charge in [0.1, 0.15) is 5.75 Å². The molecule has 0 heterocycles. The molecule has 1 atom stereocenters. The van der Waals surface area contributed by atoms with Gasteiger partial charge < -0.3 is 10.1 Å². The fraction of sp³-hybridized carbons (Fsp3) is 0.458. The van der Waals surface area contributed by atoms with E-state index in [9.17, 15) is 13.2 Å². The summed E-state index contributed by atoms with van der Waals surface area (Å²) in [5.41, 5.74) is 1.36. The number of ether oxygens (including phenoxy) is 1. The maximum absolute atomic E-state index is 12.5. The molecular weight excluding hydrogens is 412 g/mol. The maximum Gasteiger partial charge on any atom is 0.426 e. The molecule has 6 nitrogen and oxygen atoms in total. The lowest BCUT2D eigenvalue weighted by Gasteiger charge is -2.25. The van der Waals surface area contributed by atoms with Crippen molar-refractivity contribution in [2.75, 3.05) is 0 Å². The van der Waals surface area contributed by atoms with Crippen molar-refractivity contribution in [2.24, 2.45) is 5.92 Å². The second kappa shape index (κ2) is 10.8. The molecule has 2 N–H and O–H groups in total. The number of sulfonamides is 1. The van der Waals surface area contributed by atoms with Crippen LogP contribution in [0.3, 0.4) is 0 Å². The quantitative estimate of drug-likeness (QED) is 0.604. The topological polar surface area (TPSA) is 84.5 Å². The van der Waals surface area contributed by atoms with Crippen molar-refractivity contribution in [3.8, 4) is 5.75 Å². The van der Waals surface area contributed by atoms with Crippen LogP contribution >= 0.6 is 0 Å². The molecule has 0 bridgehead atoms. The number of nitrogens with one attached hydrogen (secondary N) is 2. The molecule has 1 fully saturated rings. The molecule has 1 amide bonds. The molecule has 1 aliphatic rings. The number of benzene rings is 2. The van der Waals surface area contributed by atoms with Crippen LogP contribution in [0.2, 0.25) is 0 Å². The van der Waals surface area contributed by atoms with Gasteiger partial charge in [-0.3, -0.25) is 0 Å². The zero-order chi connectivity index (χ0) is 22.3. The molecule has 0 spiro atoms. The molecule has 31 heavy (non-hydrogen) atoms. The Morgan fingerprint density at radius 3 is 2.48 bits per heavy atom. The fourth-order valence-electron chi connectivity index (χ4n) is 4.18. The Labute approximate surface area is 185 Å². The lowest BCUT2D eigenvalue weighted by Crippen LogP contribution is -2.34. The summed E-state index contributed by atoms with van der Waals surface area (Å²) < 4.78 is 32.4. The first-order valence-corrected chi connectivity index (χ1v) is 12.4. The Morgan fingerprint density at radius 2 is 1.74 bits per heavy atom. The first kappa shape index (κ1) is 23.3. The highest BCUT2D eigenvalue weighted by atomic mass is 32.2. The monoisotopic (exact) mass is 444 g/mol. The Kier molecular flexibility index (Phi) is 8.09. The third-order valence-electron chi connectivity index (χ3n) is 5.83. The van der Waals surface area contributed by atoms with Crippen molar-refractivity contribution in [1.82, 2.24) is 10.0 Å². The van der Waals surface area contributed by atoms with Gasteiger partial charge in [-0.15, -0.1) is 0 Å². The smallest absolute Gasteiger partial charge is 0.409 e. The second-order valence-electron chi connectivity index (χ2n) is 8.39. The van der Waals surface area contributed by atoms with Gasteiger partial charge in [-0.1, -0.05) is 68.5 Å². The van der Waals surface area contributed by atoms with Crippen molar-refractivity contribution in [3.63, 3.8) is 0 Å². The molecule has 3 rings (SSSR count). The summed E-state index contributed by atoms with van der Waals surface area (Å²) in [6.45, 7) is 4.40. The number of amides is 1. The normalized spacial score (nSPS) is 15.9. The largest absolute Gasteiger partial charge is 0.426 e. The summed E-state index contributed by atoms with van der Waals surface area (Å²) in [4.78, 5) is 12.4. The van der Waals surface area contributed by atoms with Crippen LogP contribution in [0.15, 0.2) is 53.4 Å². The molecule has 1 saturated carbocycles. The van der Waals surface area contributed by atoms with Gasteiger partial charge in [-0.2, -0.15) is 0 Å². The first-order valence-electron chi connectivity index (χ1n) is 11.0. The zero-order valence-corrected chi connectivity index (χ0v) is 19.1. The van der Waals surface area contributed by atoms with Crippen LogP contribution in [0, 0.1) is 12.8 Å². The molecule has 1 aliphatic carbocycles. The van der Waals surface area contributed by atoms with Gasteiger partial charge in [0.05, 0.1) is 4.90 Å². The number of carbonyl (C=O) groups is 1. The van der Waals surface area contributed by atoms with Gasteiger partial charge >= 0.3 is 6.09 Å². The number of aryl methyl sites for hydroxylation is 1. The van der Waals surface area contributed by atoms with E-state index in [1.54, 1.807) is 37.3 Å². The van der Waals surface area contributed by atoms with Crippen LogP contribution in [0.25, 0.3) is 0 Å². The Bertz CT molecular complexity index is 985. The van der Waals surface area contributed by atoms with Crippen molar-refractivity contribution < 1.29 is 17.9 Å². The van der Waals surface area contributed by atoms with E-state index in [0.29, 0.717) is 23.9 Å². The van der Waals surface area contributed by atoms with Gasteiger partial charge in [0.15, 0.2) is 0 Å². The fourth-order valence-corrected chi connectivity index (χ4v) is 5.30. The van der Waals surface area contributed by atoms with Crippen molar-refractivity contribution in [2.45, 2.75) is 69.9 Å². The van der Waals surface area contributed by atoms with Gasteiger partial charge in [-0.25, -0.2) is 17.9 Å². The van der Waals surface area contributed by atoms with Crippen LogP contribution < -0.4 is 14.8 Å². The maximum atomic E-state index is 12.5. The molecule has 168 valence electrons. The highest BCUT2D eigenvalue weighted by Gasteiger charge is 2.21. The van der Waals surface area contributed by atoms with E-state index in [2.05, 4.69) is 12.2 Å². The zero-order valence-electron chi connectivity index (χ0n) is 18.3. The van der Waals surface area contributed by atoms with Crippen LogP contribution in [0.1, 0.15) is 56.6 Å². The Morgan fingerprint density at radius 1 is 1.06 bits per heavy atom. The van der Waals surface area contributed by atoms with Gasteiger partial charge in [0.25, 0.3) is 10.0 Å². The summed E-state index contributed by atoms with van der Waals surface area (Å²) in [6, 6.07) is 14.0. The molecule has 2 aromatic rings. The van der Waals surface area contributed by atoms with Gasteiger partial charge in [0.2, 0.25) is 0 Å². The predicted molar refractivity (Wildman–Crippen MR) is 121 cm³/mol. The number of hydrogen-bond donors (Lipinski definition) is 2. The lowest BCUT2D eigenvalue weighted by atomic mass is 9.85. The van der Waals surface area contributed by atoms with E-state index in [0.717, 1.165) is 17.9 Å². The lowest BCUT2D eigenvalue weighted by molar-refractivity contribution is 0.206. The standard InChI is InChI=1S/C24H32N2O4S/c1-18-10-6-9-15-23(18)31(28,29)26-24(27)30-22-14-8-7-13-21(22)17-25-19(2)16-20-11-4-3-5-12-20/h6-10,13-15,19-20,25H,3-5,11-12,16-17H2,1-2H3,(H,26,27)/t19-/m0/s1. The molecule has 2 aromatic carbocycles. The minimum absolute atomic E-state index is 0.0541. The first-order chi connectivity index (χ1) is 14.8. The molecule has 0 aromatic heterocycles. The van der Waals surface area contributed by atoms with Crippen LogP contribution in [0.5, 0.6) is 5.75 Å². The average molecular weight is 445 g/mol. The third-order valence-corrected chi connectivity index (χ3v) is 7.30. The van der Waals surface area contributed by atoms with Crippen molar-refractivity contribution in [1.29, 1.82) is 0 Å². The third kappa shape index (κ3) is 6.80. The van der Waals surface area contributed by atoms with Crippen LogP contribution in [0.4, 0.5) is 4.79 Å². The van der Waals surface area contributed by atoms with E-state index in [-0.39, 0.29) is 4.90 Å². The number of para-hydroxylation sites is 1. The summed E-state index contributed by atoms with van der Waals surface area (Å²) in [5.74, 6) is 1.12. The number of rotatable bonds is 8. The summed E-state index contributed by atoms with van der Waals surface area (Å²) in [5, 5.41) is 3.51. The molecule has 0 aliphatic heterocycles. The van der Waals surface area contributed by atoms with E-state index >= 15 is 0 Å². The van der Waals surface area contributed by atoms with Crippen molar-refractivity contribution in [3.05, 3.63) is 59.7 Å². The Balaban J connectivity index is 1.58. The Hall–Kier alpha value is -2.38. The second-order valence-corrected chi connectivity index (χ2v) is 10.0. The number of hydrogen-bond acceptors (Lipinski definition) is 5. The molecule has 0 saturated heterocycles. The van der Waals surface area contributed by atoms with Gasteiger partial charge in [0, 0.05) is 18.2 Å². The summed E-state index contributed by atoms with van der Waals surface area (Å²) in [6.07, 6.45) is 6.74. The SMILES string of the molecule is Cc1ccccc1S(=O)(=O)NC(=O)Oc1ccccc1CN[C@@H](C)CC1CCCCC1. The molecular formula is C24H32N2O4S. The minimum Gasteiger partial charge on any atom is -0.409 e.